The smallest absolute Gasteiger partial charge is 0.387 e. The first kappa shape index (κ1) is 43.5. The molecule has 0 radical (unpaired) electrons. The maximum absolute atomic E-state index is 7.47. The van der Waals surface area contributed by atoms with Crippen LogP contribution in [0.1, 0.15) is 147 Å². The van der Waals surface area contributed by atoms with Gasteiger partial charge in [-0.2, -0.15) is 0 Å². The quantitative estimate of drug-likeness (QED) is 0.136. The van der Waals surface area contributed by atoms with Crippen molar-refractivity contribution in [3.05, 3.63) is 154 Å². The summed E-state index contributed by atoms with van der Waals surface area (Å²) in [5.41, 5.74) is 10.9. The van der Waals surface area contributed by atoms with E-state index >= 15 is 0 Å². The van der Waals surface area contributed by atoms with Gasteiger partial charge in [-0.05, 0) is 92.7 Å². The van der Waals surface area contributed by atoms with E-state index in [4.69, 9.17) is 12.9 Å². The largest absolute Gasteiger partial charge is 0.399 e. The molecule has 0 bridgehead atoms. The molecule has 3 nitrogen and oxygen atoms in total. The van der Waals surface area contributed by atoms with Gasteiger partial charge in [0.15, 0.2) is 0 Å². The molecule has 5 aromatic carbocycles. The fraction of sp³-hybridized carbons (Fsp3) is 0.444. The molecule has 5 heteroatoms. The van der Waals surface area contributed by atoms with Gasteiger partial charge in [0.1, 0.15) is 11.2 Å². The van der Waals surface area contributed by atoms with Crippen LogP contribution in [0.2, 0.25) is 0 Å². The third-order valence-corrected chi connectivity index (χ3v) is 16.4. The minimum absolute atomic E-state index is 0.00765. The summed E-state index contributed by atoms with van der Waals surface area (Å²) in [4.78, 5) is 0. The zero-order chi connectivity index (χ0) is 42.3. The second kappa shape index (κ2) is 17.0. The van der Waals surface area contributed by atoms with Crippen molar-refractivity contribution >= 4 is 38.1 Å². The number of hydrogen-bond donors (Lipinski definition) is 0. The van der Waals surface area contributed by atoms with E-state index in [1.165, 1.54) is 38.9 Å². The van der Waals surface area contributed by atoms with Crippen molar-refractivity contribution in [3.63, 3.8) is 0 Å². The van der Waals surface area contributed by atoms with E-state index in [1.54, 1.807) is 0 Å². The summed E-state index contributed by atoms with van der Waals surface area (Å²) in [5.74, 6) is 0.323. The van der Waals surface area contributed by atoms with Gasteiger partial charge in [0.05, 0.1) is 6.10 Å². The maximum atomic E-state index is 7.47. The fourth-order valence-electron chi connectivity index (χ4n) is 8.87. The van der Waals surface area contributed by atoms with Crippen molar-refractivity contribution in [3.8, 4) is 0 Å². The molecule has 3 atom stereocenters. The zero-order valence-corrected chi connectivity index (χ0v) is 39.6. The van der Waals surface area contributed by atoms with Crippen molar-refractivity contribution in [1.82, 2.24) is 0 Å². The van der Waals surface area contributed by atoms with Crippen LogP contribution in [0.15, 0.2) is 124 Å². The average molecular weight is 827 g/mol. The molecule has 1 heterocycles. The molecule has 1 aliphatic rings. The number of rotatable bonds is 9. The van der Waals surface area contributed by atoms with Gasteiger partial charge in [-0.25, -0.2) is 0 Å². The molecule has 1 aliphatic carbocycles. The van der Waals surface area contributed by atoms with Gasteiger partial charge in [-0.15, -0.1) is 0 Å². The Bertz CT molecular complexity index is 2250. The minimum Gasteiger partial charge on any atom is -0.399 e. The molecule has 0 aliphatic heterocycles. The highest BCUT2D eigenvalue weighted by atomic mass is 31.1. The molecule has 3 unspecified atom stereocenters. The summed E-state index contributed by atoms with van der Waals surface area (Å²) >= 11 is 0. The molecule has 6 aromatic rings. The summed E-state index contributed by atoms with van der Waals surface area (Å²) in [6, 6.07) is 43.2. The monoisotopic (exact) mass is 826 g/mol. The highest BCUT2D eigenvalue weighted by Gasteiger charge is 2.41. The van der Waals surface area contributed by atoms with Crippen molar-refractivity contribution in [2.75, 3.05) is 0 Å². The molecule has 0 spiro atoms. The van der Waals surface area contributed by atoms with E-state index < -0.39 is 16.2 Å². The van der Waals surface area contributed by atoms with Crippen molar-refractivity contribution in [2.45, 2.75) is 148 Å². The molecule has 1 saturated carbocycles. The van der Waals surface area contributed by atoms with Crippen LogP contribution in [0.25, 0.3) is 21.9 Å². The van der Waals surface area contributed by atoms with E-state index in [9.17, 15) is 0 Å². The Balaban J connectivity index is 1.45. The van der Waals surface area contributed by atoms with Gasteiger partial charge in [0.25, 0.3) is 0 Å². The van der Waals surface area contributed by atoms with Crippen LogP contribution in [0.3, 0.4) is 0 Å². The third-order valence-electron chi connectivity index (χ3n) is 12.3. The Morgan fingerprint density at radius 2 is 0.983 bits per heavy atom. The molecule has 312 valence electrons. The van der Waals surface area contributed by atoms with E-state index in [1.807, 2.05) is 0 Å². The summed E-state index contributed by atoms with van der Waals surface area (Å²) in [7, 11) is -2.34. The SMILES string of the molecule is CC(C)(C)c1cc(C(C)(C)C)c2op(OC3CCCC3C(c3ccccc3)P(Cc3ccccc3)Cc3ccccc3)oc3c(C(C)(C)C)cc(C(C)(C)C)cc3c2c1. The Kier molecular flexibility index (Phi) is 12.6. The normalized spacial score (nSPS) is 17.2. The van der Waals surface area contributed by atoms with Crippen LogP contribution < -0.4 is 4.52 Å². The Morgan fingerprint density at radius 1 is 0.559 bits per heavy atom. The van der Waals surface area contributed by atoms with Gasteiger partial charge in [-0.1, -0.05) is 201 Å². The van der Waals surface area contributed by atoms with E-state index in [-0.39, 0.29) is 27.8 Å². The molecule has 0 N–H and O–H groups in total. The third kappa shape index (κ3) is 9.97. The van der Waals surface area contributed by atoms with Gasteiger partial charge >= 0.3 is 8.24 Å². The predicted molar refractivity (Wildman–Crippen MR) is 255 cm³/mol. The topological polar surface area (TPSA) is 35.5 Å². The lowest BCUT2D eigenvalue weighted by molar-refractivity contribution is 0.202. The Morgan fingerprint density at radius 3 is 1.39 bits per heavy atom. The molecule has 59 heavy (non-hydrogen) atoms. The first-order chi connectivity index (χ1) is 27.8. The van der Waals surface area contributed by atoms with Crippen molar-refractivity contribution in [2.24, 2.45) is 5.92 Å². The van der Waals surface area contributed by atoms with Gasteiger partial charge in [-0.3, -0.25) is 4.52 Å². The number of benzene rings is 5. The molecular weight excluding hydrogens is 759 g/mol. The van der Waals surface area contributed by atoms with Crippen molar-refractivity contribution < 1.29 is 12.9 Å². The fourth-order valence-corrected chi connectivity index (χ4v) is 13.5. The van der Waals surface area contributed by atoms with Gasteiger partial charge in [0, 0.05) is 27.6 Å². The van der Waals surface area contributed by atoms with Crippen LogP contribution >= 0.6 is 16.2 Å². The summed E-state index contributed by atoms with van der Waals surface area (Å²) in [5, 5.41) is 2.23. The van der Waals surface area contributed by atoms with Crippen LogP contribution in [-0.4, -0.2) is 6.10 Å². The first-order valence-electron chi connectivity index (χ1n) is 21.9. The highest BCUT2D eigenvalue weighted by Crippen LogP contribution is 2.62. The lowest BCUT2D eigenvalue weighted by Gasteiger charge is -2.36. The van der Waals surface area contributed by atoms with Crippen LogP contribution in [0.4, 0.5) is 0 Å². The summed E-state index contributed by atoms with van der Waals surface area (Å²) < 4.78 is 22.1. The molecule has 1 fully saturated rings. The minimum atomic E-state index is -1.81. The molecule has 0 amide bonds. The second-order valence-corrected chi connectivity index (χ2v) is 24.6. The zero-order valence-electron chi connectivity index (χ0n) is 37.9. The summed E-state index contributed by atoms with van der Waals surface area (Å²) in [6.45, 7) is 27.7. The molecular formula is C54H68O3P2. The van der Waals surface area contributed by atoms with E-state index in [0.717, 1.165) is 53.5 Å². The maximum Gasteiger partial charge on any atom is 0.387 e. The predicted octanol–water partition coefficient (Wildman–Crippen LogP) is 16.7. The standard InChI is InChI=1S/C54H68O3P2/c1-51(2,3)40-31-43-44-32-41(52(4,5)6)34-46(54(10,11)12)49(44)57-59(56-48(43)45(33-40)53(7,8)9)55-47-30-22-29-42(47)50(39-27-20-15-21-28-39)58(35-37-23-16-13-17-24-37)36-38-25-18-14-19-26-38/h13-21,23-28,31-34,42,47,50H,22,29-30,35-36H2,1-12H3. The lowest BCUT2D eigenvalue weighted by Crippen LogP contribution is -2.26. The molecule has 7 rings (SSSR count). The van der Waals surface area contributed by atoms with E-state index in [2.05, 4.69) is 198 Å². The van der Waals surface area contributed by atoms with Gasteiger partial charge in [0.2, 0.25) is 0 Å². The average Bonchev–Trinajstić information content (AvgIpc) is 3.54. The number of fused-ring (bicyclic) bond motifs is 3. The first-order valence-corrected chi connectivity index (χ1v) is 24.7. The van der Waals surface area contributed by atoms with Gasteiger partial charge < -0.3 is 8.39 Å². The second-order valence-electron chi connectivity index (χ2n) is 21.2. The van der Waals surface area contributed by atoms with Crippen LogP contribution in [0.5, 0.6) is 0 Å². The number of hydrogen-bond acceptors (Lipinski definition) is 3. The summed E-state index contributed by atoms with van der Waals surface area (Å²) in [6.07, 6.45) is 5.35. The van der Waals surface area contributed by atoms with E-state index in [0.29, 0.717) is 11.6 Å². The Labute approximate surface area is 357 Å². The Hall–Kier alpha value is -3.61. The van der Waals surface area contributed by atoms with Crippen LogP contribution in [-0.2, 0) is 34.0 Å². The van der Waals surface area contributed by atoms with Crippen LogP contribution in [0, 0.1) is 5.92 Å². The highest BCUT2D eigenvalue weighted by molar-refractivity contribution is 7.56. The van der Waals surface area contributed by atoms with Crippen molar-refractivity contribution in [1.29, 1.82) is 0 Å². The molecule has 0 saturated heterocycles. The molecule has 1 aromatic heterocycles. The lowest BCUT2D eigenvalue weighted by atomic mass is 9.77.